The molecule has 2 aromatic rings. The third-order valence-corrected chi connectivity index (χ3v) is 5.94. The number of hydrogen-bond acceptors (Lipinski definition) is 4. The molecule has 1 amide bonds. The van der Waals surface area contributed by atoms with E-state index in [0.717, 1.165) is 16.1 Å². The van der Waals surface area contributed by atoms with Crippen molar-refractivity contribution in [2.45, 2.75) is 32.4 Å². The molecule has 8 heteroatoms. The zero-order valence-electron chi connectivity index (χ0n) is 16.3. The normalized spacial score (nSPS) is 13.5. The minimum Gasteiger partial charge on any atom is -0.495 e. The molecule has 0 aliphatic rings. The average Bonchev–Trinajstić information content (AvgIpc) is 2.65. The molecule has 0 aliphatic carbocycles. The molecule has 0 aromatic heterocycles. The molecular formula is C20H25ClN2O4S. The van der Waals surface area contributed by atoms with Crippen LogP contribution in [0, 0.1) is 0 Å². The van der Waals surface area contributed by atoms with Gasteiger partial charge in [0.05, 0.1) is 30.1 Å². The molecule has 0 unspecified atom stereocenters. The van der Waals surface area contributed by atoms with Crippen molar-refractivity contribution < 1.29 is 17.9 Å². The number of ether oxygens (including phenoxy) is 1. The van der Waals surface area contributed by atoms with E-state index in [2.05, 4.69) is 5.32 Å². The maximum atomic E-state index is 12.9. The summed E-state index contributed by atoms with van der Waals surface area (Å²) < 4.78 is 31.1. The number of nitrogens with zero attached hydrogens (tertiary/aromatic N) is 1. The fourth-order valence-electron chi connectivity index (χ4n) is 3.00. The van der Waals surface area contributed by atoms with Crippen LogP contribution in [-0.2, 0) is 14.8 Å². The molecule has 2 rings (SSSR count). The number of rotatable bonds is 8. The van der Waals surface area contributed by atoms with Gasteiger partial charge in [0.15, 0.2) is 0 Å². The van der Waals surface area contributed by atoms with Gasteiger partial charge in [0, 0.05) is 0 Å². The first kappa shape index (κ1) is 22.0. The van der Waals surface area contributed by atoms with Gasteiger partial charge in [0.2, 0.25) is 15.9 Å². The highest BCUT2D eigenvalue weighted by molar-refractivity contribution is 7.92. The number of nitrogens with one attached hydrogen (secondary N) is 1. The quantitative estimate of drug-likeness (QED) is 0.699. The first-order valence-corrected chi connectivity index (χ1v) is 11.1. The maximum absolute atomic E-state index is 12.9. The molecule has 0 fully saturated rings. The number of anilines is 1. The summed E-state index contributed by atoms with van der Waals surface area (Å²) in [6.07, 6.45) is 1.74. The zero-order valence-corrected chi connectivity index (χ0v) is 17.9. The highest BCUT2D eigenvalue weighted by atomic mass is 35.5. The standard InChI is InChI=1S/C20H25ClN2O4S/c1-5-18(15-9-7-6-8-10-15)22-20(24)14(2)23(28(4,25)26)16-11-12-19(27-3)17(21)13-16/h6-14,18H,5H2,1-4H3,(H,22,24)/t14-,18+/m0/s1. The van der Waals surface area contributed by atoms with E-state index in [4.69, 9.17) is 16.3 Å². The largest absolute Gasteiger partial charge is 0.495 e. The van der Waals surface area contributed by atoms with Crippen LogP contribution in [0.1, 0.15) is 31.9 Å². The van der Waals surface area contributed by atoms with Gasteiger partial charge in [-0.3, -0.25) is 9.10 Å². The summed E-state index contributed by atoms with van der Waals surface area (Å²) in [6, 6.07) is 13.0. The SMILES string of the molecule is CC[C@@H](NC(=O)[C@H](C)N(c1ccc(OC)c(Cl)c1)S(C)(=O)=O)c1ccccc1. The molecule has 6 nitrogen and oxygen atoms in total. The summed E-state index contributed by atoms with van der Waals surface area (Å²) >= 11 is 6.15. The topological polar surface area (TPSA) is 75.7 Å². The summed E-state index contributed by atoms with van der Waals surface area (Å²) in [5.41, 5.74) is 1.26. The Morgan fingerprint density at radius 2 is 1.86 bits per heavy atom. The number of benzene rings is 2. The van der Waals surface area contributed by atoms with Crippen LogP contribution in [0.2, 0.25) is 5.02 Å². The minimum atomic E-state index is -3.73. The summed E-state index contributed by atoms with van der Waals surface area (Å²) in [6.45, 7) is 3.51. The van der Waals surface area contributed by atoms with Crippen molar-refractivity contribution in [2.75, 3.05) is 17.7 Å². The molecule has 0 radical (unpaired) electrons. The average molecular weight is 425 g/mol. The third kappa shape index (κ3) is 5.17. The Hall–Kier alpha value is -2.25. The van der Waals surface area contributed by atoms with Crippen molar-refractivity contribution in [3.05, 3.63) is 59.1 Å². The van der Waals surface area contributed by atoms with Gasteiger partial charge in [-0.15, -0.1) is 0 Å². The Labute approximate surface area is 171 Å². The number of halogens is 1. The summed E-state index contributed by atoms with van der Waals surface area (Å²) in [5, 5.41) is 3.20. The van der Waals surface area contributed by atoms with Crippen LogP contribution in [-0.4, -0.2) is 33.7 Å². The van der Waals surface area contributed by atoms with E-state index in [-0.39, 0.29) is 11.1 Å². The van der Waals surface area contributed by atoms with Crippen LogP contribution in [0.3, 0.4) is 0 Å². The predicted octanol–water partition coefficient (Wildman–Crippen LogP) is 3.77. The van der Waals surface area contributed by atoms with E-state index < -0.39 is 22.0 Å². The number of carbonyl (C=O) groups excluding carboxylic acids is 1. The second-order valence-electron chi connectivity index (χ2n) is 6.43. The monoisotopic (exact) mass is 424 g/mol. The van der Waals surface area contributed by atoms with E-state index in [1.54, 1.807) is 19.1 Å². The molecule has 0 saturated heterocycles. The van der Waals surface area contributed by atoms with E-state index >= 15 is 0 Å². The first-order chi connectivity index (χ1) is 13.2. The van der Waals surface area contributed by atoms with Gasteiger partial charge < -0.3 is 10.1 Å². The van der Waals surface area contributed by atoms with Crippen LogP contribution in [0.15, 0.2) is 48.5 Å². The number of amides is 1. The lowest BCUT2D eigenvalue weighted by molar-refractivity contribution is -0.122. The van der Waals surface area contributed by atoms with Crippen molar-refractivity contribution in [2.24, 2.45) is 0 Å². The van der Waals surface area contributed by atoms with Gasteiger partial charge in [-0.1, -0.05) is 48.9 Å². The predicted molar refractivity (Wildman–Crippen MR) is 112 cm³/mol. The van der Waals surface area contributed by atoms with Gasteiger partial charge in [-0.2, -0.15) is 0 Å². The van der Waals surface area contributed by atoms with Crippen molar-refractivity contribution in [3.63, 3.8) is 0 Å². The molecule has 2 atom stereocenters. The van der Waals surface area contributed by atoms with Crippen molar-refractivity contribution >= 4 is 33.2 Å². The third-order valence-electron chi connectivity index (χ3n) is 4.41. The van der Waals surface area contributed by atoms with Gasteiger partial charge >= 0.3 is 0 Å². The van der Waals surface area contributed by atoms with Crippen LogP contribution < -0.4 is 14.4 Å². The van der Waals surface area contributed by atoms with Crippen molar-refractivity contribution in [3.8, 4) is 5.75 Å². The molecule has 152 valence electrons. The summed E-state index contributed by atoms with van der Waals surface area (Å²) in [4.78, 5) is 12.9. The van der Waals surface area contributed by atoms with Crippen molar-refractivity contribution in [1.82, 2.24) is 5.32 Å². The zero-order chi connectivity index (χ0) is 20.9. The van der Waals surface area contributed by atoms with E-state index in [0.29, 0.717) is 17.9 Å². The van der Waals surface area contributed by atoms with E-state index in [9.17, 15) is 13.2 Å². The Balaban J connectivity index is 2.31. The van der Waals surface area contributed by atoms with E-state index in [1.807, 2.05) is 37.3 Å². The van der Waals surface area contributed by atoms with Crippen LogP contribution in [0.25, 0.3) is 0 Å². The molecule has 1 N–H and O–H groups in total. The fourth-order valence-corrected chi connectivity index (χ4v) is 4.42. The summed E-state index contributed by atoms with van der Waals surface area (Å²) in [5.74, 6) is 0.0270. The maximum Gasteiger partial charge on any atom is 0.244 e. The number of hydrogen-bond donors (Lipinski definition) is 1. The Kier molecular flexibility index (Phi) is 7.32. The van der Waals surface area contributed by atoms with Gasteiger partial charge in [0.25, 0.3) is 0 Å². The Morgan fingerprint density at radius 1 is 1.21 bits per heavy atom. The van der Waals surface area contributed by atoms with Crippen LogP contribution >= 0.6 is 11.6 Å². The molecular weight excluding hydrogens is 400 g/mol. The van der Waals surface area contributed by atoms with Crippen LogP contribution in [0.5, 0.6) is 5.75 Å². The number of sulfonamides is 1. The highest BCUT2D eigenvalue weighted by Gasteiger charge is 2.30. The van der Waals surface area contributed by atoms with Gasteiger partial charge in [-0.25, -0.2) is 8.42 Å². The van der Waals surface area contributed by atoms with Crippen molar-refractivity contribution in [1.29, 1.82) is 0 Å². The minimum absolute atomic E-state index is 0.211. The second kappa shape index (κ2) is 9.30. The van der Waals surface area contributed by atoms with E-state index in [1.165, 1.54) is 13.2 Å². The molecule has 28 heavy (non-hydrogen) atoms. The molecule has 0 heterocycles. The Morgan fingerprint density at radius 3 is 2.36 bits per heavy atom. The fraction of sp³-hybridized carbons (Fsp3) is 0.350. The lowest BCUT2D eigenvalue weighted by Gasteiger charge is -2.30. The number of methoxy groups -OCH3 is 1. The second-order valence-corrected chi connectivity index (χ2v) is 8.70. The lowest BCUT2D eigenvalue weighted by atomic mass is 10.0. The smallest absolute Gasteiger partial charge is 0.244 e. The van der Waals surface area contributed by atoms with Crippen LogP contribution in [0.4, 0.5) is 5.69 Å². The highest BCUT2D eigenvalue weighted by Crippen LogP contribution is 2.31. The molecule has 0 aliphatic heterocycles. The molecule has 2 aromatic carbocycles. The van der Waals surface area contributed by atoms with Gasteiger partial charge in [0.1, 0.15) is 11.8 Å². The van der Waals surface area contributed by atoms with Gasteiger partial charge in [-0.05, 0) is 37.1 Å². The number of carbonyl (C=O) groups is 1. The Bertz CT molecular complexity index is 919. The first-order valence-electron chi connectivity index (χ1n) is 8.87. The molecule has 0 bridgehead atoms. The molecule has 0 saturated carbocycles. The molecule has 0 spiro atoms. The summed E-state index contributed by atoms with van der Waals surface area (Å²) in [7, 11) is -2.26. The lowest BCUT2D eigenvalue weighted by Crippen LogP contribution is -2.48.